The van der Waals surface area contributed by atoms with Crippen LogP contribution in [0.3, 0.4) is 0 Å². The van der Waals surface area contributed by atoms with Crippen molar-refractivity contribution in [3.8, 4) is 0 Å². The Morgan fingerprint density at radius 2 is 1.92 bits per heavy atom. The highest BCUT2D eigenvalue weighted by Gasteiger charge is 2.17. The molecule has 0 aliphatic rings. The number of ether oxygens (including phenoxy) is 2. The highest BCUT2D eigenvalue weighted by Crippen LogP contribution is 2.04. The molecule has 0 spiro atoms. The monoisotopic (exact) mass is 188 g/mol. The molecule has 0 aromatic carbocycles. The molecule has 2 atom stereocenters. The van der Waals surface area contributed by atoms with E-state index in [0.29, 0.717) is 18.9 Å². The van der Waals surface area contributed by atoms with Crippen LogP contribution in [0.15, 0.2) is 0 Å². The average molecular weight is 188 g/mol. The first-order valence-electron chi connectivity index (χ1n) is 4.85. The van der Waals surface area contributed by atoms with Crippen LogP contribution in [0.2, 0.25) is 0 Å². The van der Waals surface area contributed by atoms with Crippen LogP contribution in [0, 0.1) is 5.92 Å². The number of methoxy groups -OCH3 is 1. The van der Waals surface area contributed by atoms with Crippen molar-refractivity contribution < 1.29 is 14.3 Å². The maximum absolute atomic E-state index is 11.3. The topological polar surface area (TPSA) is 35.5 Å². The molecule has 0 amide bonds. The Labute approximate surface area is 80.4 Å². The van der Waals surface area contributed by atoms with Crippen LogP contribution in [0.1, 0.15) is 33.6 Å². The SMILES string of the molecule is CCC(C)COC(=O)C(CC)OC. The van der Waals surface area contributed by atoms with Crippen LogP contribution in [0.25, 0.3) is 0 Å². The molecule has 0 aliphatic carbocycles. The highest BCUT2D eigenvalue weighted by molar-refractivity contribution is 5.74. The van der Waals surface area contributed by atoms with Gasteiger partial charge in [0.05, 0.1) is 6.61 Å². The molecule has 13 heavy (non-hydrogen) atoms. The Balaban J connectivity index is 3.72. The Morgan fingerprint density at radius 3 is 2.31 bits per heavy atom. The third-order valence-electron chi connectivity index (χ3n) is 2.13. The molecule has 0 radical (unpaired) electrons. The molecular weight excluding hydrogens is 168 g/mol. The first-order chi connectivity index (χ1) is 6.15. The van der Waals surface area contributed by atoms with E-state index in [2.05, 4.69) is 13.8 Å². The fourth-order valence-electron chi connectivity index (χ4n) is 0.865. The summed E-state index contributed by atoms with van der Waals surface area (Å²) in [4.78, 5) is 11.3. The van der Waals surface area contributed by atoms with Gasteiger partial charge in [-0.3, -0.25) is 0 Å². The smallest absolute Gasteiger partial charge is 0.335 e. The lowest BCUT2D eigenvalue weighted by Gasteiger charge is -2.14. The van der Waals surface area contributed by atoms with E-state index < -0.39 is 6.10 Å². The normalized spacial score (nSPS) is 15.1. The van der Waals surface area contributed by atoms with Crippen molar-refractivity contribution in [2.75, 3.05) is 13.7 Å². The van der Waals surface area contributed by atoms with Crippen LogP contribution < -0.4 is 0 Å². The Morgan fingerprint density at radius 1 is 1.31 bits per heavy atom. The minimum atomic E-state index is -0.399. The molecule has 0 bridgehead atoms. The van der Waals surface area contributed by atoms with Gasteiger partial charge in [0.25, 0.3) is 0 Å². The maximum atomic E-state index is 11.3. The largest absolute Gasteiger partial charge is 0.463 e. The molecule has 0 aromatic heterocycles. The quantitative estimate of drug-likeness (QED) is 0.598. The van der Waals surface area contributed by atoms with Crippen molar-refractivity contribution in [1.82, 2.24) is 0 Å². The third-order valence-corrected chi connectivity index (χ3v) is 2.13. The van der Waals surface area contributed by atoms with E-state index in [1.54, 1.807) is 0 Å². The van der Waals surface area contributed by atoms with Gasteiger partial charge in [-0.2, -0.15) is 0 Å². The van der Waals surface area contributed by atoms with Crippen LogP contribution in [0.4, 0.5) is 0 Å². The highest BCUT2D eigenvalue weighted by atomic mass is 16.6. The summed E-state index contributed by atoms with van der Waals surface area (Å²) in [6.45, 7) is 6.53. The second-order valence-corrected chi connectivity index (χ2v) is 3.28. The molecule has 0 rings (SSSR count). The molecule has 0 N–H and O–H groups in total. The van der Waals surface area contributed by atoms with E-state index >= 15 is 0 Å². The second kappa shape index (κ2) is 6.89. The van der Waals surface area contributed by atoms with E-state index in [0.717, 1.165) is 6.42 Å². The maximum Gasteiger partial charge on any atom is 0.335 e. The van der Waals surface area contributed by atoms with Crippen LogP contribution in [0.5, 0.6) is 0 Å². The van der Waals surface area contributed by atoms with Gasteiger partial charge in [0.2, 0.25) is 0 Å². The van der Waals surface area contributed by atoms with E-state index in [1.165, 1.54) is 7.11 Å². The summed E-state index contributed by atoms with van der Waals surface area (Å²) in [5.41, 5.74) is 0. The molecular formula is C10H20O3. The Hall–Kier alpha value is -0.570. The van der Waals surface area contributed by atoms with Gasteiger partial charge in [0.15, 0.2) is 6.10 Å². The van der Waals surface area contributed by atoms with Crippen LogP contribution in [-0.4, -0.2) is 25.8 Å². The standard InChI is InChI=1S/C10H20O3/c1-5-8(3)7-13-10(11)9(6-2)12-4/h8-9H,5-7H2,1-4H3. The zero-order chi connectivity index (χ0) is 10.3. The Bertz CT molecular complexity index is 141. The Kier molecular flexibility index (Phi) is 6.59. The first kappa shape index (κ1) is 12.4. The number of esters is 1. The summed E-state index contributed by atoms with van der Waals surface area (Å²) in [7, 11) is 1.53. The number of carbonyl (C=O) groups is 1. The zero-order valence-electron chi connectivity index (χ0n) is 9.00. The zero-order valence-corrected chi connectivity index (χ0v) is 9.00. The molecule has 78 valence electrons. The van der Waals surface area contributed by atoms with Crippen LogP contribution >= 0.6 is 0 Å². The minimum Gasteiger partial charge on any atom is -0.463 e. The molecule has 0 aromatic rings. The molecule has 0 heterocycles. The molecule has 0 saturated heterocycles. The lowest BCUT2D eigenvalue weighted by molar-refractivity contribution is -0.156. The van der Waals surface area contributed by atoms with Gasteiger partial charge in [-0.25, -0.2) is 4.79 Å². The van der Waals surface area contributed by atoms with E-state index in [4.69, 9.17) is 9.47 Å². The van der Waals surface area contributed by atoms with Gasteiger partial charge in [-0.05, 0) is 12.3 Å². The lowest BCUT2D eigenvalue weighted by atomic mass is 10.1. The predicted molar refractivity (Wildman–Crippen MR) is 51.5 cm³/mol. The van der Waals surface area contributed by atoms with Crippen LogP contribution in [-0.2, 0) is 14.3 Å². The number of carbonyl (C=O) groups excluding carboxylic acids is 1. The van der Waals surface area contributed by atoms with Gasteiger partial charge in [-0.15, -0.1) is 0 Å². The fraction of sp³-hybridized carbons (Fsp3) is 0.900. The van der Waals surface area contributed by atoms with Crippen molar-refractivity contribution >= 4 is 5.97 Å². The fourth-order valence-corrected chi connectivity index (χ4v) is 0.865. The molecule has 0 aliphatic heterocycles. The number of rotatable bonds is 6. The predicted octanol–water partition coefficient (Wildman–Crippen LogP) is 2.00. The van der Waals surface area contributed by atoms with Crippen molar-refractivity contribution in [1.29, 1.82) is 0 Å². The molecule has 3 nitrogen and oxygen atoms in total. The van der Waals surface area contributed by atoms with E-state index in [1.807, 2.05) is 6.92 Å². The van der Waals surface area contributed by atoms with Crippen molar-refractivity contribution in [3.05, 3.63) is 0 Å². The number of hydrogen-bond donors (Lipinski definition) is 0. The van der Waals surface area contributed by atoms with Gasteiger partial charge in [0.1, 0.15) is 0 Å². The van der Waals surface area contributed by atoms with Crippen molar-refractivity contribution in [3.63, 3.8) is 0 Å². The number of hydrogen-bond acceptors (Lipinski definition) is 3. The van der Waals surface area contributed by atoms with Gasteiger partial charge < -0.3 is 9.47 Å². The summed E-state index contributed by atoms with van der Waals surface area (Å²) in [6.07, 6.45) is 1.29. The van der Waals surface area contributed by atoms with Gasteiger partial charge in [0, 0.05) is 7.11 Å². The molecule has 0 saturated carbocycles. The van der Waals surface area contributed by atoms with Crippen molar-refractivity contribution in [2.24, 2.45) is 5.92 Å². The molecule has 3 heteroatoms. The summed E-state index contributed by atoms with van der Waals surface area (Å²) >= 11 is 0. The van der Waals surface area contributed by atoms with Gasteiger partial charge in [-0.1, -0.05) is 27.2 Å². The molecule has 0 fully saturated rings. The van der Waals surface area contributed by atoms with Gasteiger partial charge >= 0.3 is 5.97 Å². The second-order valence-electron chi connectivity index (χ2n) is 3.28. The summed E-state index contributed by atoms with van der Waals surface area (Å²) < 4.78 is 10.0. The first-order valence-corrected chi connectivity index (χ1v) is 4.85. The average Bonchev–Trinajstić information content (AvgIpc) is 2.16. The lowest BCUT2D eigenvalue weighted by Crippen LogP contribution is -2.26. The third kappa shape index (κ3) is 4.88. The van der Waals surface area contributed by atoms with Crippen molar-refractivity contribution in [2.45, 2.75) is 39.7 Å². The minimum absolute atomic E-state index is 0.245. The summed E-state index contributed by atoms with van der Waals surface area (Å²) in [6, 6.07) is 0. The summed E-state index contributed by atoms with van der Waals surface area (Å²) in [5, 5.41) is 0. The van der Waals surface area contributed by atoms with E-state index in [-0.39, 0.29) is 5.97 Å². The molecule has 2 unspecified atom stereocenters. The van der Waals surface area contributed by atoms with E-state index in [9.17, 15) is 4.79 Å². The summed E-state index contributed by atoms with van der Waals surface area (Å²) in [5.74, 6) is 0.184.